The zero-order valence-corrected chi connectivity index (χ0v) is 10.5. The van der Waals surface area contributed by atoms with Gasteiger partial charge < -0.3 is 16.0 Å². The second-order valence-electron chi connectivity index (χ2n) is 4.35. The Labute approximate surface area is 99.4 Å². The molecule has 0 aromatic heterocycles. The molecule has 0 amide bonds. The van der Waals surface area contributed by atoms with Crippen molar-refractivity contribution in [3.63, 3.8) is 0 Å². The predicted octanol–water partition coefficient (Wildman–Crippen LogP) is 2.52. The molecule has 3 heteroatoms. The van der Waals surface area contributed by atoms with Gasteiger partial charge in [0.2, 0.25) is 0 Å². The molecule has 2 unspecified atom stereocenters. The minimum atomic E-state index is 0.0937. The van der Waals surface area contributed by atoms with Gasteiger partial charge in [0.25, 0.3) is 0 Å². The van der Waals surface area contributed by atoms with Crippen LogP contribution in [0.1, 0.15) is 46.0 Å². The van der Waals surface area contributed by atoms with Gasteiger partial charge in [0.05, 0.1) is 12.3 Å². The van der Waals surface area contributed by atoms with Crippen molar-refractivity contribution in [2.45, 2.75) is 58.3 Å². The molecule has 0 saturated heterocycles. The highest BCUT2D eigenvalue weighted by molar-refractivity contribution is 4.95. The molecule has 1 aliphatic rings. The van der Waals surface area contributed by atoms with Gasteiger partial charge in [-0.2, -0.15) is 0 Å². The molecule has 2 atom stereocenters. The highest BCUT2D eigenvalue weighted by Gasteiger charge is 2.19. The summed E-state index contributed by atoms with van der Waals surface area (Å²) < 4.78 is 0. The second-order valence-corrected chi connectivity index (χ2v) is 4.35. The van der Waals surface area contributed by atoms with Crippen LogP contribution in [0.5, 0.6) is 0 Å². The van der Waals surface area contributed by atoms with E-state index >= 15 is 0 Å². The van der Waals surface area contributed by atoms with E-state index in [9.17, 15) is 0 Å². The topological polar surface area (TPSA) is 41.3 Å². The SMILES string of the molecule is CC/C=C/CCCCC1NC=CN1C(C)N. The molecule has 0 bridgehead atoms. The van der Waals surface area contributed by atoms with E-state index in [2.05, 4.69) is 29.3 Å². The Hall–Kier alpha value is -0.960. The summed E-state index contributed by atoms with van der Waals surface area (Å²) in [4.78, 5) is 2.18. The average Bonchev–Trinajstić information content (AvgIpc) is 2.71. The summed E-state index contributed by atoms with van der Waals surface area (Å²) in [6, 6.07) is 0. The van der Waals surface area contributed by atoms with Gasteiger partial charge in [-0.1, -0.05) is 19.1 Å². The highest BCUT2D eigenvalue weighted by Crippen LogP contribution is 2.14. The first-order valence-corrected chi connectivity index (χ1v) is 6.36. The second kappa shape index (κ2) is 7.34. The van der Waals surface area contributed by atoms with Gasteiger partial charge >= 0.3 is 0 Å². The fourth-order valence-corrected chi connectivity index (χ4v) is 1.97. The van der Waals surface area contributed by atoms with Gasteiger partial charge in [0.15, 0.2) is 0 Å². The third-order valence-electron chi connectivity index (χ3n) is 2.87. The summed E-state index contributed by atoms with van der Waals surface area (Å²) in [6.07, 6.45) is 15.1. The first-order valence-electron chi connectivity index (χ1n) is 6.36. The van der Waals surface area contributed by atoms with E-state index in [1.807, 2.05) is 19.3 Å². The van der Waals surface area contributed by atoms with E-state index in [0.717, 1.165) is 12.8 Å². The Morgan fingerprint density at radius 2 is 2.25 bits per heavy atom. The van der Waals surface area contributed by atoms with Crippen LogP contribution >= 0.6 is 0 Å². The minimum Gasteiger partial charge on any atom is -0.370 e. The fourth-order valence-electron chi connectivity index (χ4n) is 1.97. The molecule has 16 heavy (non-hydrogen) atoms. The molecule has 1 rings (SSSR count). The maximum atomic E-state index is 5.88. The molecular weight excluding hydrogens is 198 g/mol. The zero-order valence-electron chi connectivity index (χ0n) is 10.5. The van der Waals surface area contributed by atoms with Crippen molar-refractivity contribution in [2.24, 2.45) is 5.73 Å². The molecule has 0 aliphatic carbocycles. The summed E-state index contributed by atoms with van der Waals surface area (Å²) in [7, 11) is 0. The van der Waals surface area contributed by atoms with E-state index in [0.29, 0.717) is 6.17 Å². The van der Waals surface area contributed by atoms with Crippen molar-refractivity contribution >= 4 is 0 Å². The normalized spacial score (nSPS) is 21.7. The molecular formula is C13H25N3. The van der Waals surface area contributed by atoms with Crippen LogP contribution in [-0.2, 0) is 0 Å². The number of nitrogens with two attached hydrogens (primary N) is 1. The third kappa shape index (κ3) is 4.27. The molecule has 1 heterocycles. The third-order valence-corrected chi connectivity index (χ3v) is 2.87. The van der Waals surface area contributed by atoms with E-state index in [1.165, 1.54) is 19.3 Å². The van der Waals surface area contributed by atoms with Crippen LogP contribution < -0.4 is 11.1 Å². The summed E-state index contributed by atoms with van der Waals surface area (Å²) in [5, 5.41) is 3.34. The predicted molar refractivity (Wildman–Crippen MR) is 69.5 cm³/mol. The highest BCUT2D eigenvalue weighted by atomic mass is 15.3. The quantitative estimate of drug-likeness (QED) is 0.515. The number of nitrogens with zero attached hydrogens (tertiary/aromatic N) is 1. The van der Waals surface area contributed by atoms with Crippen molar-refractivity contribution in [1.82, 2.24) is 10.2 Å². The van der Waals surface area contributed by atoms with Gasteiger partial charge in [-0.3, -0.25) is 0 Å². The Morgan fingerprint density at radius 1 is 1.44 bits per heavy atom. The summed E-state index contributed by atoms with van der Waals surface area (Å²) in [5.74, 6) is 0. The van der Waals surface area contributed by atoms with Crippen molar-refractivity contribution in [2.75, 3.05) is 0 Å². The molecule has 0 fully saturated rings. The maximum absolute atomic E-state index is 5.88. The van der Waals surface area contributed by atoms with Crippen LogP contribution in [-0.4, -0.2) is 17.2 Å². The first kappa shape index (κ1) is 13.1. The summed E-state index contributed by atoms with van der Waals surface area (Å²) in [6.45, 7) is 4.19. The van der Waals surface area contributed by atoms with Crippen LogP contribution in [0.3, 0.4) is 0 Å². The average molecular weight is 223 g/mol. The van der Waals surface area contributed by atoms with Crippen molar-refractivity contribution in [3.8, 4) is 0 Å². The number of hydrogen-bond acceptors (Lipinski definition) is 3. The standard InChI is InChI=1S/C13H25N3/c1-3-4-5-6-7-8-9-13-15-10-11-16(13)12(2)14/h4-5,10-13,15H,3,6-9,14H2,1-2H3/b5-4+. The molecule has 92 valence electrons. The van der Waals surface area contributed by atoms with Gasteiger partial charge in [0, 0.05) is 12.4 Å². The number of rotatable bonds is 7. The van der Waals surface area contributed by atoms with Crippen molar-refractivity contribution < 1.29 is 0 Å². The number of hydrogen-bond donors (Lipinski definition) is 2. The van der Waals surface area contributed by atoms with E-state index in [1.54, 1.807) is 0 Å². The molecule has 1 aliphatic heterocycles. The maximum Gasteiger partial charge on any atom is 0.0995 e. The fraction of sp³-hybridized carbons (Fsp3) is 0.692. The largest absolute Gasteiger partial charge is 0.370 e. The number of unbranched alkanes of at least 4 members (excludes halogenated alkanes) is 2. The Balaban J connectivity index is 2.11. The Kier molecular flexibility index (Phi) is 6.01. The molecule has 3 N–H and O–H groups in total. The van der Waals surface area contributed by atoms with E-state index < -0.39 is 0 Å². The van der Waals surface area contributed by atoms with Gasteiger partial charge in [-0.15, -0.1) is 0 Å². The van der Waals surface area contributed by atoms with Crippen LogP contribution in [0.25, 0.3) is 0 Å². The van der Waals surface area contributed by atoms with Crippen molar-refractivity contribution in [3.05, 3.63) is 24.6 Å². The summed E-state index contributed by atoms with van der Waals surface area (Å²) in [5.41, 5.74) is 5.88. The Morgan fingerprint density at radius 3 is 2.94 bits per heavy atom. The number of allylic oxidation sites excluding steroid dienone is 2. The molecule has 0 aromatic rings. The van der Waals surface area contributed by atoms with Crippen molar-refractivity contribution in [1.29, 1.82) is 0 Å². The molecule has 3 nitrogen and oxygen atoms in total. The lowest BCUT2D eigenvalue weighted by molar-refractivity contribution is 0.208. The lowest BCUT2D eigenvalue weighted by Crippen LogP contribution is -2.44. The van der Waals surface area contributed by atoms with Crippen LogP contribution in [0.15, 0.2) is 24.6 Å². The molecule has 0 aromatic carbocycles. The van der Waals surface area contributed by atoms with E-state index in [-0.39, 0.29) is 6.17 Å². The zero-order chi connectivity index (χ0) is 11.8. The minimum absolute atomic E-state index is 0.0937. The molecule has 0 spiro atoms. The Bertz CT molecular complexity index is 233. The number of nitrogens with one attached hydrogen (secondary N) is 1. The van der Waals surface area contributed by atoms with Gasteiger partial charge in [0.1, 0.15) is 0 Å². The molecule has 0 radical (unpaired) electrons. The van der Waals surface area contributed by atoms with E-state index in [4.69, 9.17) is 5.73 Å². The summed E-state index contributed by atoms with van der Waals surface area (Å²) >= 11 is 0. The van der Waals surface area contributed by atoms with Crippen LogP contribution in [0.4, 0.5) is 0 Å². The van der Waals surface area contributed by atoms with Gasteiger partial charge in [-0.25, -0.2) is 0 Å². The van der Waals surface area contributed by atoms with Crippen LogP contribution in [0, 0.1) is 0 Å². The molecule has 0 saturated carbocycles. The smallest absolute Gasteiger partial charge is 0.0995 e. The monoisotopic (exact) mass is 223 g/mol. The lowest BCUT2D eigenvalue weighted by atomic mass is 10.1. The van der Waals surface area contributed by atoms with Crippen LogP contribution in [0.2, 0.25) is 0 Å². The first-order chi connectivity index (χ1) is 7.75. The lowest BCUT2D eigenvalue weighted by Gasteiger charge is -2.28. The van der Waals surface area contributed by atoms with Gasteiger partial charge in [-0.05, 0) is 39.0 Å².